The molecule has 3 nitrogen and oxygen atoms in total. The Labute approximate surface area is 137 Å². The molecule has 0 saturated carbocycles. The molecule has 0 aliphatic heterocycles. The molecule has 1 unspecified atom stereocenters. The Bertz CT molecular complexity index is 735. The van der Waals surface area contributed by atoms with E-state index in [2.05, 4.69) is 36.4 Å². The maximum absolute atomic E-state index is 12.5. The topological polar surface area (TPSA) is 29.5 Å². The fourth-order valence-corrected chi connectivity index (χ4v) is 3.18. The summed E-state index contributed by atoms with van der Waals surface area (Å²) in [6.45, 7) is 0.654. The highest BCUT2D eigenvalue weighted by atomic mass is 16.5. The third kappa shape index (κ3) is 3.55. The molecule has 0 saturated heterocycles. The summed E-state index contributed by atoms with van der Waals surface area (Å²) in [5.74, 6) is 1.27. The summed E-state index contributed by atoms with van der Waals surface area (Å²) in [6.07, 6.45) is 7.16. The van der Waals surface area contributed by atoms with Gasteiger partial charge in [0, 0.05) is 19.5 Å². The van der Waals surface area contributed by atoms with Crippen molar-refractivity contribution in [3.63, 3.8) is 0 Å². The lowest BCUT2D eigenvalue weighted by Gasteiger charge is -2.24. The van der Waals surface area contributed by atoms with Gasteiger partial charge in [0.15, 0.2) is 0 Å². The van der Waals surface area contributed by atoms with Gasteiger partial charge in [0.25, 0.3) is 0 Å². The molecule has 2 aromatic carbocycles. The highest BCUT2D eigenvalue weighted by Gasteiger charge is 2.22. The quantitative estimate of drug-likeness (QED) is 0.794. The van der Waals surface area contributed by atoms with Crippen molar-refractivity contribution in [1.29, 1.82) is 0 Å². The van der Waals surface area contributed by atoms with Crippen molar-refractivity contribution in [2.75, 3.05) is 14.2 Å². The molecule has 1 atom stereocenters. The number of rotatable bonds is 4. The number of methoxy groups -OCH3 is 1. The molecule has 120 valence electrons. The van der Waals surface area contributed by atoms with Crippen LogP contribution in [-0.2, 0) is 11.3 Å². The van der Waals surface area contributed by atoms with E-state index in [0.717, 1.165) is 36.0 Å². The number of benzene rings is 2. The zero-order valence-corrected chi connectivity index (χ0v) is 13.8. The average molecular weight is 309 g/mol. The van der Waals surface area contributed by atoms with Crippen molar-refractivity contribution >= 4 is 16.7 Å². The molecule has 3 rings (SSSR count). The molecule has 0 N–H and O–H groups in total. The second-order valence-electron chi connectivity index (χ2n) is 6.22. The van der Waals surface area contributed by atoms with Crippen LogP contribution in [0.2, 0.25) is 0 Å². The van der Waals surface area contributed by atoms with Gasteiger partial charge < -0.3 is 9.64 Å². The SMILES string of the molecule is COc1ccc2cc(CN(C)C(=O)C3CC=CCC3)ccc2c1. The standard InChI is InChI=1S/C20H23NO2/c1-21(20(22)16-6-4-3-5-7-16)14-15-8-9-18-13-19(23-2)11-10-17(18)12-15/h3-4,8-13,16H,5-7,14H2,1-2H3. The predicted octanol–water partition coefficient (Wildman–Crippen LogP) is 4.16. The van der Waals surface area contributed by atoms with Gasteiger partial charge in [-0.05, 0) is 53.8 Å². The van der Waals surface area contributed by atoms with Crippen molar-refractivity contribution in [3.05, 3.63) is 54.1 Å². The van der Waals surface area contributed by atoms with E-state index in [1.807, 2.05) is 24.1 Å². The van der Waals surface area contributed by atoms with E-state index in [9.17, 15) is 4.79 Å². The van der Waals surface area contributed by atoms with E-state index in [1.54, 1.807) is 7.11 Å². The number of hydrogen-bond donors (Lipinski definition) is 0. The molecule has 1 amide bonds. The minimum atomic E-state index is 0.148. The zero-order valence-electron chi connectivity index (χ0n) is 13.8. The summed E-state index contributed by atoms with van der Waals surface area (Å²) in [5.41, 5.74) is 1.16. The molecule has 0 radical (unpaired) electrons. The van der Waals surface area contributed by atoms with Crippen molar-refractivity contribution in [2.45, 2.75) is 25.8 Å². The van der Waals surface area contributed by atoms with Crippen molar-refractivity contribution in [3.8, 4) is 5.75 Å². The lowest BCUT2D eigenvalue weighted by Crippen LogP contribution is -2.32. The number of allylic oxidation sites excluding steroid dienone is 2. The minimum absolute atomic E-state index is 0.148. The highest BCUT2D eigenvalue weighted by molar-refractivity contribution is 5.85. The molecule has 0 aromatic heterocycles. The summed E-state index contributed by atoms with van der Waals surface area (Å²) >= 11 is 0. The second-order valence-corrected chi connectivity index (χ2v) is 6.22. The second kappa shape index (κ2) is 6.86. The predicted molar refractivity (Wildman–Crippen MR) is 93.5 cm³/mol. The first-order valence-electron chi connectivity index (χ1n) is 8.14. The van der Waals surface area contributed by atoms with E-state index in [-0.39, 0.29) is 11.8 Å². The smallest absolute Gasteiger partial charge is 0.226 e. The summed E-state index contributed by atoms with van der Waals surface area (Å²) in [7, 11) is 3.58. The van der Waals surface area contributed by atoms with Gasteiger partial charge in [-0.3, -0.25) is 4.79 Å². The third-order valence-electron chi connectivity index (χ3n) is 4.53. The van der Waals surface area contributed by atoms with Crippen LogP contribution < -0.4 is 4.74 Å². The van der Waals surface area contributed by atoms with Gasteiger partial charge in [-0.15, -0.1) is 0 Å². The van der Waals surface area contributed by atoms with Gasteiger partial charge in [0.2, 0.25) is 5.91 Å². The Morgan fingerprint density at radius 3 is 2.70 bits per heavy atom. The summed E-state index contributed by atoms with van der Waals surface area (Å²) in [6, 6.07) is 12.4. The number of carbonyl (C=O) groups is 1. The maximum Gasteiger partial charge on any atom is 0.226 e. The van der Waals surface area contributed by atoms with Crippen LogP contribution in [0, 0.1) is 5.92 Å². The van der Waals surface area contributed by atoms with Crippen LogP contribution in [-0.4, -0.2) is 25.0 Å². The normalized spacial score (nSPS) is 17.2. The van der Waals surface area contributed by atoms with E-state index < -0.39 is 0 Å². The molecule has 0 bridgehead atoms. The van der Waals surface area contributed by atoms with Gasteiger partial charge >= 0.3 is 0 Å². The highest BCUT2D eigenvalue weighted by Crippen LogP contribution is 2.24. The first-order valence-corrected chi connectivity index (χ1v) is 8.14. The van der Waals surface area contributed by atoms with Crippen molar-refractivity contribution in [2.24, 2.45) is 5.92 Å². The number of amides is 1. The molecule has 0 spiro atoms. The Balaban J connectivity index is 1.72. The van der Waals surface area contributed by atoms with Crippen LogP contribution in [0.25, 0.3) is 10.8 Å². The van der Waals surface area contributed by atoms with E-state index in [0.29, 0.717) is 6.54 Å². The molecule has 2 aromatic rings. The molecule has 1 aliphatic rings. The Morgan fingerprint density at radius 1 is 1.17 bits per heavy atom. The molecule has 0 heterocycles. The first kappa shape index (κ1) is 15.6. The molecule has 3 heteroatoms. The van der Waals surface area contributed by atoms with Crippen LogP contribution in [0.3, 0.4) is 0 Å². The van der Waals surface area contributed by atoms with Gasteiger partial charge in [0.1, 0.15) is 5.75 Å². The Morgan fingerprint density at radius 2 is 1.96 bits per heavy atom. The number of hydrogen-bond acceptors (Lipinski definition) is 2. The van der Waals surface area contributed by atoms with Crippen LogP contribution >= 0.6 is 0 Å². The van der Waals surface area contributed by atoms with Gasteiger partial charge in [-0.25, -0.2) is 0 Å². The fourth-order valence-electron chi connectivity index (χ4n) is 3.18. The molecular weight excluding hydrogens is 286 g/mol. The lowest BCUT2D eigenvalue weighted by atomic mass is 9.93. The van der Waals surface area contributed by atoms with Gasteiger partial charge in [0.05, 0.1) is 7.11 Å². The fraction of sp³-hybridized carbons (Fsp3) is 0.350. The van der Waals surface area contributed by atoms with Crippen molar-refractivity contribution in [1.82, 2.24) is 4.90 Å². The van der Waals surface area contributed by atoms with E-state index in [4.69, 9.17) is 4.74 Å². The third-order valence-corrected chi connectivity index (χ3v) is 4.53. The van der Waals surface area contributed by atoms with Crippen LogP contribution in [0.15, 0.2) is 48.6 Å². The lowest BCUT2D eigenvalue weighted by molar-refractivity contribution is -0.135. The van der Waals surface area contributed by atoms with Gasteiger partial charge in [-0.2, -0.15) is 0 Å². The monoisotopic (exact) mass is 309 g/mol. The first-order chi connectivity index (χ1) is 11.2. The van der Waals surface area contributed by atoms with Crippen LogP contribution in [0.1, 0.15) is 24.8 Å². The van der Waals surface area contributed by atoms with Crippen LogP contribution in [0.4, 0.5) is 0 Å². The molecule has 23 heavy (non-hydrogen) atoms. The number of ether oxygens (including phenoxy) is 1. The maximum atomic E-state index is 12.5. The summed E-state index contributed by atoms with van der Waals surface area (Å²) in [5, 5.41) is 2.32. The number of carbonyl (C=O) groups excluding carboxylic acids is 1. The van der Waals surface area contributed by atoms with Crippen molar-refractivity contribution < 1.29 is 9.53 Å². The summed E-state index contributed by atoms with van der Waals surface area (Å²) in [4.78, 5) is 14.4. The number of fused-ring (bicyclic) bond motifs is 1. The van der Waals surface area contributed by atoms with Gasteiger partial charge in [-0.1, -0.05) is 30.4 Å². The Kier molecular flexibility index (Phi) is 4.65. The molecule has 1 aliphatic carbocycles. The van der Waals surface area contributed by atoms with E-state index in [1.165, 1.54) is 5.39 Å². The minimum Gasteiger partial charge on any atom is -0.497 e. The number of nitrogens with zero attached hydrogens (tertiary/aromatic N) is 1. The zero-order chi connectivity index (χ0) is 16.2. The van der Waals surface area contributed by atoms with Crippen LogP contribution in [0.5, 0.6) is 5.75 Å². The van der Waals surface area contributed by atoms with E-state index >= 15 is 0 Å². The Hall–Kier alpha value is -2.29. The molecule has 0 fully saturated rings. The largest absolute Gasteiger partial charge is 0.497 e. The molecular formula is C20H23NO2. The summed E-state index contributed by atoms with van der Waals surface area (Å²) < 4.78 is 5.26. The average Bonchev–Trinajstić information content (AvgIpc) is 2.61.